The van der Waals surface area contributed by atoms with E-state index in [-0.39, 0.29) is 49.8 Å². The van der Waals surface area contributed by atoms with Gasteiger partial charge < -0.3 is 10.1 Å². The van der Waals surface area contributed by atoms with Gasteiger partial charge in [0.2, 0.25) is 0 Å². The topological polar surface area (TPSA) is 92.8 Å². The van der Waals surface area contributed by atoms with Gasteiger partial charge in [0.15, 0.2) is 6.61 Å². The van der Waals surface area contributed by atoms with Gasteiger partial charge in [0, 0.05) is 19.0 Å². The molecule has 0 fully saturated rings. The van der Waals surface area contributed by atoms with Crippen LogP contribution in [0, 0.1) is 0 Å². The summed E-state index contributed by atoms with van der Waals surface area (Å²) in [5.74, 6) is -1.55. The first-order chi connectivity index (χ1) is 12.4. The summed E-state index contributed by atoms with van der Waals surface area (Å²) in [4.78, 5) is 48.9. The van der Waals surface area contributed by atoms with Gasteiger partial charge in [-0.2, -0.15) is 0 Å². The number of imide groups is 1. The lowest BCUT2D eigenvalue weighted by Crippen LogP contribution is -2.35. The number of fused-ring (bicyclic) bond motifs is 1. The molecule has 0 saturated carbocycles. The van der Waals surface area contributed by atoms with Crippen LogP contribution in [0.15, 0.2) is 24.3 Å². The number of hydrogen-bond donors (Lipinski definition) is 1. The summed E-state index contributed by atoms with van der Waals surface area (Å²) in [6.07, 6.45) is 2.14. The van der Waals surface area contributed by atoms with Crippen LogP contribution in [0.2, 0.25) is 0 Å². The molecule has 3 amide bonds. The highest BCUT2D eigenvalue weighted by atomic mass is 16.5. The summed E-state index contributed by atoms with van der Waals surface area (Å²) in [6.45, 7) is 3.74. The second-order valence-corrected chi connectivity index (χ2v) is 6.33. The maximum Gasteiger partial charge on any atom is 0.306 e. The Balaban J connectivity index is 1.70. The third-order valence-electron chi connectivity index (χ3n) is 4.13. The molecule has 0 spiro atoms. The minimum absolute atomic E-state index is 0.0329. The van der Waals surface area contributed by atoms with Gasteiger partial charge in [-0.25, -0.2) is 0 Å². The Morgan fingerprint density at radius 2 is 1.77 bits per heavy atom. The summed E-state index contributed by atoms with van der Waals surface area (Å²) in [6, 6.07) is 6.68. The molecule has 1 aromatic carbocycles. The maximum atomic E-state index is 12.2. The Hall–Kier alpha value is -2.70. The van der Waals surface area contributed by atoms with Crippen LogP contribution in [0.1, 0.15) is 60.2 Å². The van der Waals surface area contributed by atoms with Crippen molar-refractivity contribution in [2.24, 2.45) is 0 Å². The summed E-state index contributed by atoms with van der Waals surface area (Å²) in [5, 5.41) is 2.75. The smallest absolute Gasteiger partial charge is 0.306 e. The molecule has 0 radical (unpaired) electrons. The number of nitrogens with one attached hydrogen (secondary N) is 1. The van der Waals surface area contributed by atoms with Crippen LogP contribution >= 0.6 is 0 Å². The largest absolute Gasteiger partial charge is 0.456 e. The molecular formula is C19H24N2O5. The zero-order chi connectivity index (χ0) is 19.1. The van der Waals surface area contributed by atoms with Gasteiger partial charge >= 0.3 is 5.97 Å². The number of carbonyl (C=O) groups is 4. The van der Waals surface area contributed by atoms with E-state index < -0.39 is 5.97 Å². The van der Waals surface area contributed by atoms with Crippen molar-refractivity contribution in [3.8, 4) is 0 Å². The van der Waals surface area contributed by atoms with Gasteiger partial charge in [0.25, 0.3) is 17.7 Å². The minimum Gasteiger partial charge on any atom is -0.456 e. The monoisotopic (exact) mass is 360 g/mol. The van der Waals surface area contributed by atoms with Gasteiger partial charge in [-0.1, -0.05) is 25.5 Å². The van der Waals surface area contributed by atoms with Crippen molar-refractivity contribution in [3.63, 3.8) is 0 Å². The van der Waals surface area contributed by atoms with Crippen molar-refractivity contribution in [2.75, 3.05) is 13.2 Å². The van der Waals surface area contributed by atoms with Crippen LogP contribution in [0.25, 0.3) is 0 Å². The lowest BCUT2D eigenvalue weighted by molar-refractivity contribution is -0.148. The second kappa shape index (κ2) is 9.12. The third kappa shape index (κ3) is 4.91. The predicted octanol–water partition coefficient (Wildman–Crippen LogP) is 1.91. The molecule has 7 nitrogen and oxygen atoms in total. The average Bonchev–Trinajstić information content (AvgIpc) is 2.85. The molecule has 1 atom stereocenters. The first-order valence-corrected chi connectivity index (χ1v) is 8.84. The molecule has 0 unspecified atom stereocenters. The van der Waals surface area contributed by atoms with E-state index in [0.717, 1.165) is 17.7 Å². The first kappa shape index (κ1) is 19.6. The van der Waals surface area contributed by atoms with Crippen LogP contribution in [0.3, 0.4) is 0 Å². The maximum absolute atomic E-state index is 12.2. The fraction of sp³-hybridized carbons (Fsp3) is 0.474. The zero-order valence-electron chi connectivity index (χ0n) is 15.1. The lowest BCUT2D eigenvalue weighted by atomic mass is 10.1. The van der Waals surface area contributed by atoms with Crippen LogP contribution in [0.4, 0.5) is 0 Å². The fourth-order valence-electron chi connectivity index (χ4n) is 2.86. The highest BCUT2D eigenvalue weighted by Gasteiger charge is 2.34. The molecule has 2 rings (SSSR count). The number of ether oxygens (including phenoxy) is 1. The number of amides is 3. The van der Waals surface area contributed by atoms with Gasteiger partial charge in [0.05, 0.1) is 11.1 Å². The van der Waals surface area contributed by atoms with E-state index in [1.54, 1.807) is 24.3 Å². The number of nitrogens with zero attached hydrogens (tertiary/aromatic N) is 1. The van der Waals surface area contributed by atoms with Crippen molar-refractivity contribution in [1.82, 2.24) is 10.2 Å². The molecule has 0 bridgehead atoms. The predicted molar refractivity (Wildman–Crippen MR) is 94.5 cm³/mol. The summed E-state index contributed by atoms with van der Waals surface area (Å²) >= 11 is 0. The molecule has 7 heteroatoms. The van der Waals surface area contributed by atoms with E-state index in [1.807, 2.05) is 13.8 Å². The normalized spacial score (nSPS) is 14.2. The van der Waals surface area contributed by atoms with E-state index in [0.29, 0.717) is 11.1 Å². The minimum atomic E-state index is -0.528. The summed E-state index contributed by atoms with van der Waals surface area (Å²) in [7, 11) is 0. The van der Waals surface area contributed by atoms with Crippen molar-refractivity contribution >= 4 is 23.7 Å². The molecule has 1 heterocycles. The molecule has 140 valence electrons. The third-order valence-corrected chi connectivity index (χ3v) is 4.13. The first-order valence-electron chi connectivity index (χ1n) is 8.84. The summed E-state index contributed by atoms with van der Waals surface area (Å²) in [5.41, 5.74) is 0.774. The van der Waals surface area contributed by atoms with E-state index >= 15 is 0 Å². The van der Waals surface area contributed by atoms with E-state index in [4.69, 9.17) is 4.74 Å². The highest BCUT2D eigenvalue weighted by Crippen LogP contribution is 2.22. The lowest BCUT2D eigenvalue weighted by Gasteiger charge is -2.14. The SMILES string of the molecule is CCC[C@H](C)NC(=O)COC(=O)CCCN1C(=O)c2ccccc2C1=O. The van der Waals surface area contributed by atoms with E-state index in [1.165, 1.54) is 0 Å². The van der Waals surface area contributed by atoms with Crippen LogP contribution < -0.4 is 5.32 Å². The van der Waals surface area contributed by atoms with Crippen LogP contribution in [-0.4, -0.2) is 47.8 Å². The quantitative estimate of drug-likeness (QED) is 0.536. The Bertz CT molecular complexity index is 666. The summed E-state index contributed by atoms with van der Waals surface area (Å²) < 4.78 is 4.92. The molecule has 0 aromatic heterocycles. The number of hydrogen-bond acceptors (Lipinski definition) is 5. The molecule has 1 aliphatic heterocycles. The Kier molecular flexibility index (Phi) is 6.89. The Morgan fingerprint density at radius 1 is 1.15 bits per heavy atom. The molecule has 0 aliphatic carbocycles. The second-order valence-electron chi connectivity index (χ2n) is 6.33. The van der Waals surface area contributed by atoms with Crippen molar-refractivity contribution in [3.05, 3.63) is 35.4 Å². The molecule has 0 saturated heterocycles. The van der Waals surface area contributed by atoms with Crippen molar-refractivity contribution < 1.29 is 23.9 Å². The highest BCUT2D eigenvalue weighted by molar-refractivity contribution is 6.21. The Labute approximate surface area is 152 Å². The number of esters is 1. The number of benzene rings is 1. The molecule has 1 N–H and O–H groups in total. The fourth-order valence-corrected chi connectivity index (χ4v) is 2.86. The number of rotatable bonds is 9. The number of carbonyl (C=O) groups excluding carboxylic acids is 4. The van der Waals surface area contributed by atoms with E-state index in [2.05, 4.69) is 5.32 Å². The van der Waals surface area contributed by atoms with Crippen molar-refractivity contribution in [2.45, 2.75) is 45.6 Å². The standard InChI is InChI=1S/C19H24N2O5/c1-3-7-13(2)20-16(22)12-26-17(23)10-6-11-21-18(24)14-8-4-5-9-15(14)19(21)25/h4-5,8-9,13H,3,6-7,10-12H2,1-2H3,(H,20,22)/t13-/m0/s1. The molecule has 1 aliphatic rings. The van der Waals surface area contributed by atoms with Crippen LogP contribution in [-0.2, 0) is 14.3 Å². The van der Waals surface area contributed by atoms with Gasteiger partial charge in [-0.05, 0) is 31.9 Å². The van der Waals surface area contributed by atoms with Crippen LogP contribution in [0.5, 0.6) is 0 Å². The van der Waals surface area contributed by atoms with E-state index in [9.17, 15) is 19.2 Å². The average molecular weight is 360 g/mol. The van der Waals surface area contributed by atoms with Gasteiger partial charge in [0.1, 0.15) is 0 Å². The van der Waals surface area contributed by atoms with Gasteiger partial charge in [-0.15, -0.1) is 0 Å². The Morgan fingerprint density at radius 3 is 2.35 bits per heavy atom. The zero-order valence-corrected chi connectivity index (χ0v) is 15.1. The molecule has 1 aromatic rings. The molecule has 26 heavy (non-hydrogen) atoms. The molecular weight excluding hydrogens is 336 g/mol. The van der Waals surface area contributed by atoms with Crippen molar-refractivity contribution in [1.29, 1.82) is 0 Å². The van der Waals surface area contributed by atoms with Gasteiger partial charge in [-0.3, -0.25) is 24.1 Å².